The van der Waals surface area contributed by atoms with Crippen molar-refractivity contribution in [3.63, 3.8) is 0 Å². The van der Waals surface area contributed by atoms with Gasteiger partial charge in [-0.1, -0.05) is 59.3 Å². The molecule has 0 bridgehead atoms. The van der Waals surface area contributed by atoms with Crippen LogP contribution in [0.2, 0.25) is 18.6 Å². The molecule has 1 spiro atoms. The number of hydrogen-bond donors (Lipinski definition) is 1. The van der Waals surface area contributed by atoms with E-state index in [1.54, 1.807) is 27.8 Å². The van der Waals surface area contributed by atoms with Crippen molar-refractivity contribution < 1.29 is 28.3 Å². The first-order chi connectivity index (χ1) is 22.9. The first kappa shape index (κ1) is 33.1. The average molecular weight is 735 g/mol. The zero-order chi connectivity index (χ0) is 34.0. The number of amides is 3. The van der Waals surface area contributed by atoms with Crippen molar-refractivity contribution in [1.29, 1.82) is 0 Å². The van der Waals surface area contributed by atoms with Crippen LogP contribution in [0.25, 0.3) is 0 Å². The van der Waals surface area contributed by atoms with Crippen LogP contribution in [0.15, 0.2) is 71.2 Å². The van der Waals surface area contributed by atoms with E-state index in [0.717, 1.165) is 33.3 Å². The van der Waals surface area contributed by atoms with Gasteiger partial charge in [-0.2, -0.15) is 0 Å². The molecule has 48 heavy (non-hydrogen) atoms. The monoisotopic (exact) mass is 733 g/mol. The number of aliphatic hydroxyl groups is 1. The van der Waals surface area contributed by atoms with Crippen LogP contribution in [0.4, 0.5) is 15.5 Å². The molecule has 2 saturated heterocycles. The van der Waals surface area contributed by atoms with Gasteiger partial charge in [-0.3, -0.25) is 14.4 Å². The Kier molecular flexibility index (Phi) is 8.63. The Balaban J connectivity index is 1.22. The number of halogens is 2. The molecule has 0 radical (unpaired) electrons. The molecular weight excluding hydrogens is 693 g/mol. The number of ether oxygens (including phenoxy) is 1. The molecular formula is C37H41BrFN3O5Si. The summed E-state index contributed by atoms with van der Waals surface area (Å²) in [5, 5.41) is 10.2. The van der Waals surface area contributed by atoms with Gasteiger partial charge in [-0.05, 0) is 73.0 Å². The summed E-state index contributed by atoms with van der Waals surface area (Å²) >= 11 is 3.59. The van der Waals surface area contributed by atoms with Crippen molar-refractivity contribution in [1.82, 2.24) is 4.90 Å². The van der Waals surface area contributed by atoms with Crippen molar-refractivity contribution in [3.05, 3.63) is 93.5 Å². The number of carbonyl (C=O) groups is 3. The molecule has 0 unspecified atom stereocenters. The second-order valence-electron chi connectivity index (χ2n) is 14.2. The summed E-state index contributed by atoms with van der Waals surface area (Å²) in [6, 6.07) is 20.9. The highest BCUT2D eigenvalue weighted by Crippen LogP contribution is 2.60. The highest BCUT2D eigenvalue weighted by Gasteiger charge is 2.67. The maximum absolute atomic E-state index is 16.4. The molecule has 0 aromatic heterocycles. The van der Waals surface area contributed by atoms with E-state index < -0.39 is 31.6 Å². The third-order valence-corrected chi connectivity index (χ3v) is 13.8. The van der Waals surface area contributed by atoms with Crippen LogP contribution >= 0.6 is 15.9 Å². The molecule has 4 aliphatic heterocycles. The van der Waals surface area contributed by atoms with E-state index in [4.69, 9.17) is 4.74 Å². The molecule has 8 nitrogen and oxygen atoms in total. The highest BCUT2D eigenvalue weighted by molar-refractivity contribution is 9.10. The predicted molar refractivity (Wildman–Crippen MR) is 188 cm³/mol. The van der Waals surface area contributed by atoms with Crippen LogP contribution in [0.3, 0.4) is 0 Å². The first-order valence-corrected chi connectivity index (χ1v) is 20.5. The summed E-state index contributed by atoms with van der Waals surface area (Å²) in [5.74, 6) is -0.942. The molecule has 4 aliphatic rings. The van der Waals surface area contributed by atoms with Crippen LogP contribution < -0.4 is 9.80 Å². The van der Waals surface area contributed by atoms with E-state index in [1.807, 2.05) is 73.7 Å². The van der Waals surface area contributed by atoms with Gasteiger partial charge < -0.3 is 28.7 Å². The minimum Gasteiger partial charge on any atom is -0.394 e. The molecule has 3 amide bonds. The lowest BCUT2D eigenvalue weighted by Gasteiger charge is -2.37. The number of hydrogen-bond acceptors (Lipinski definition) is 5. The molecule has 1 N–H and O–H groups in total. The third kappa shape index (κ3) is 5.52. The SMILES string of the molecule is C[C@H]1[C@H]([Si](C)(C)F)[C@@H](CC(=O)N2Cc3ccccc3C[C@H]2CO)O[C@]12C(=O)N(Cc1cccc(N3CCCC3=O)c1)c1ccc(Br)cc12. The van der Waals surface area contributed by atoms with E-state index in [1.165, 1.54) is 0 Å². The van der Waals surface area contributed by atoms with E-state index in [0.29, 0.717) is 37.2 Å². The number of benzene rings is 3. The van der Waals surface area contributed by atoms with Crippen LogP contribution in [-0.4, -0.2) is 61.4 Å². The van der Waals surface area contributed by atoms with Crippen LogP contribution in [0.5, 0.6) is 0 Å². The summed E-state index contributed by atoms with van der Waals surface area (Å²) in [7, 11) is -3.50. The summed E-state index contributed by atoms with van der Waals surface area (Å²) in [5.41, 5.74) is 3.06. The lowest BCUT2D eigenvalue weighted by Crippen LogP contribution is -2.48. The van der Waals surface area contributed by atoms with E-state index in [9.17, 15) is 19.5 Å². The first-order valence-electron chi connectivity index (χ1n) is 16.8. The van der Waals surface area contributed by atoms with E-state index >= 15 is 4.11 Å². The minimum atomic E-state index is -3.50. The molecule has 4 heterocycles. The predicted octanol–water partition coefficient (Wildman–Crippen LogP) is 6.23. The van der Waals surface area contributed by atoms with Gasteiger partial charge in [0.05, 0.1) is 37.4 Å². The normalized spacial score (nSPS) is 26.8. The summed E-state index contributed by atoms with van der Waals surface area (Å²) in [6.07, 6.45) is 0.978. The molecule has 11 heteroatoms. The van der Waals surface area contributed by atoms with Crippen molar-refractivity contribution in [3.8, 4) is 0 Å². The maximum atomic E-state index is 16.4. The fourth-order valence-electron chi connectivity index (χ4n) is 8.63. The zero-order valence-corrected chi connectivity index (χ0v) is 30.1. The maximum Gasteiger partial charge on any atom is 0.264 e. The molecule has 0 aliphatic carbocycles. The van der Waals surface area contributed by atoms with Crippen molar-refractivity contribution >= 4 is 53.4 Å². The highest BCUT2D eigenvalue weighted by atomic mass is 79.9. The van der Waals surface area contributed by atoms with Gasteiger partial charge in [0.2, 0.25) is 20.2 Å². The Morgan fingerprint density at radius 1 is 1.08 bits per heavy atom. The molecule has 5 atom stereocenters. The van der Waals surface area contributed by atoms with Gasteiger partial charge in [-0.15, -0.1) is 0 Å². The van der Waals surface area contributed by atoms with Gasteiger partial charge in [0.25, 0.3) is 5.91 Å². The lowest BCUT2D eigenvalue weighted by atomic mass is 9.82. The molecule has 2 fully saturated rings. The van der Waals surface area contributed by atoms with Gasteiger partial charge in [-0.25, -0.2) is 0 Å². The second kappa shape index (κ2) is 12.5. The Labute approximate surface area is 290 Å². The fourth-order valence-corrected chi connectivity index (χ4v) is 11.5. The molecule has 7 rings (SSSR count). The molecule has 3 aromatic carbocycles. The Hall–Kier alpha value is -3.38. The standard InChI is InChI=1S/C37H41BrFN3O5Si/c1-23-35(48(2,3)39)32(19-34(45)41-21-26-10-5-4-9-25(26)17-29(41)22-43)47-37(23)30-18-27(38)13-14-31(30)42(36(37)46)20-24-8-6-11-28(16-24)40-15-7-12-33(40)44/h4-6,8-11,13-14,16,18,23,29,32,35,43H,7,12,15,17,19-22H2,1-3H3/t23-,29-,32+,35-,37+/m0/s1. The van der Waals surface area contributed by atoms with Crippen LogP contribution in [0.1, 0.15) is 48.4 Å². The number of aliphatic hydroxyl groups excluding tert-OH is 1. The summed E-state index contributed by atoms with van der Waals surface area (Å²) in [4.78, 5) is 46.5. The average Bonchev–Trinajstić information content (AvgIpc) is 3.69. The molecule has 0 saturated carbocycles. The van der Waals surface area contributed by atoms with Crippen LogP contribution in [-0.2, 0) is 44.2 Å². The van der Waals surface area contributed by atoms with Crippen molar-refractivity contribution in [2.75, 3.05) is 23.0 Å². The van der Waals surface area contributed by atoms with Crippen molar-refractivity contribution in [2.45, 2.75) is 82.1 Å². The quantitative estimate of drug-likeness (QED) is 0.230. The van der Waals surface area contributed by atoms with Gasteiger partial charge in [0, 0.05) is 46.7 Å². The van der Waals surface area contributed by atoms with Crippen LogP contribution in [0, 0.1) is 5.92 Å². The largest absolute Gasteiger partial charge is 0.394 e. The van der Waals surface area contributed by atoms with E-state index in [2.05, 4.69) is 15.9 Å². The number of anilines is 2. The van der Waals surface area contributed by atoms with E-state index in [-0.39, 0.29) is 43.3 Å². The Bertz CT molecular complexity index is 1780. The Morgan fingerprint density at radius 3 is 2.56 bits per heavy atom. The number of rotatable bonds is 7. The summed E-state index contributed by atoms with van der Waals surface area (Å²) in [6.45, 7) is 6.25. The number of fused-ring (bicyclic) bond motifs is 3. The smallest absolute Gasteiger partial charge is 0.264 e. The van der Waals surface area contributed by atoms with Crippen molar-refractivity contribution in [2.24, 2.45) is 5.92 Å². The second-order valence-corrected chi connectivity index (χ2v) is 18.9. The fraction of sp³-hybridized carbons (Fsp3) is 0.432. The topological polar surface area (TPSA) is 90.4 Å². The molecule has 3 aromatic rings. The van der Waals surface area contributed by atoms with Gasteiger partial charge in [0.15, 0.2) is 5.60 Å². The van der Waals surface area contributed by atoms with Gasteiger partial charge >= 0.3 is 0 Å². The lowest BCUT2D eigenvalue weighted by molar-refractivity contribution is -0.151. The number of carbonyl (C=O) groups excluding carboxylic acids is 3. The summed E-state index contributed by atoms with van der Waals surface area (Å²) < 4.78 is 24.1. The Morgan fingerprint density at radius 2 is 1.85 bits per heavy atom. The van der Waals surface area contributed by atoms with Gasteiger partial charge in [0.1, 0.15) is 0 Å². The minimum absolute atomic E-state index is 0.0850. The zero-order valence-electron chi connectivity index (χ0n) is 27.5. The molecule has 252 valence electrons. The third-order valence-electron chi connectivity index (χ3n) is 10.8. The number of nitrogens with zero attached hydrogens (tertiary/aromatic N) is 3.